The van der Waals surface area contributed by atoms with Crippen molar-refractivity contribution in [3.8, 4) is 5.75 Å². The Hall–Kier alpha value is -1.06. The number of hydrogen-bond acceptors (Lipinski definition) is 4. The van der Waals surface area contributed by atoms with Crippen LogP contribution in [0.25, 0.3) is 0 Å². The van der Waals surface area contributed by atoms with Crippen LogP contribution in [0.2, 0.25) is 0 Å². The van der Waals surface area contributed by atoms with Crippen LogP contribution < -0.4 is 10.1 Å². The number of aliphatic imine (C=N–C) groups is 1. The predicted octanol–water partition coefficient (Wildman–Crippen LogP) is 2.82. The highest BCUT2D eigenvalue weighted by Gasteiger charge is 2.23. The Morgan fingerprint density at radius 3 is 2.70 bits per heavy atom. The molecule has 1 saturated heterocycles. The smallest absolute Gasteiger partial charge is 0.193 e. The lowest BCUT2D eigenvalue weighted by atomic mass is 10.2. The van der Waals surface area contributed by atoms with E-state index in [0.717, 1.165) is 44.6 Å². The molecule has 154 valence electrons. The Morgan fingerprint density at radius 2 is 2.11 bits per heavy atom. The molecule has 0 saturated carbocycles. The Morgan fingerprint density at radius 1 is 1.41 bits per heavy atom. The summed E-state index contributed by atoms with van der Waals surface area (Å²) in [7, 11) is 3.90. The molecule has 2 unspecified atom stereocenters. The Kier molecular flexibility index (Phi) is 11.0. The normalized spacial score (nSPS) is 19.1. The summed E-state index contributed by atoms with van der Waals surface area (Å²) in [6.07, 6.45) is 0. The molecule has 1 aromatic carbocycles. The van der Waals surface area contributed by atoms with Crippen molar-refractivity contribution in [3.05, 3.63) is 29.8 Å². The number of hydrogen-bond donors (Lipinski definition) is 1. The van der Waals surface area contributed by atoms with Gasteiger partial charge in [0, 0.05) is 45.8 Å². The molecule has 6 nitrogen and oxygen atoms in total. The van der Waals surface area contributed by atoms with Crippen LogP contribution in [0.1, 0.15) is 26.3 Å². The molecule has 0 aromatic heterocycles. The number of guanidine groups is 1. The zero-order valence-electron chi connectivity index (χ0n) is 17.3. The molecule has 1 heterocycles. The van der Waals surface area contributed by atoms with Crippen LogP contribution in [0.5, 0.6) is 5.75 Å². The number of nitrogens with zero attached hydrogens (tertiary/aromatic N) is 3. The fraction of sp³-hybridized carbons (Fsp3) is 0.650. The van der Waals surface area contributed by atoms with Crippen LogP contribution in [-0.4, -0.2) is 74.8 Å². The molecule has 1 fully saturated rings. The van der Waals surface area contributed by atoms with E-state index in [2.05, 4.69) is 53.1 Å². The maximum Gasteiger partial charge on any atom is 0.193 e. The topological polar surface area (TPSA) is 49.3 Å². The van der Waals surface area contributed by atoms with Crippen molar-refractivity contribution in [3.63, 3.8) is 0 Å². The largest absolute Gasteiger partial charge is 0.494 e. The average molecular weight is 490 g/mol. The molecule has 0 spiro atoms. The first-order valence-corrected chi connectivity index (χ1v) is 9.52. The van der Waals surface area contributed by atoms with E-state index in [9.17, 15) is 0 Å². The highest BCUT2D eigenvalue weighted by atomic mass is 127. The van der Waals surface area contributed by atoms with E-state index < -0.39 is 0 Å². The molecule has 1 aliphatic rings. The molecule has 1 aromatic rings. The van der Waals surface area contributed by atoms with Gasteiger partial charge < -0.3 is 19.7 Å². The Balaban J connectivity index is 0.00000364. The van der Waals surface area contributed by atoms with E-state index in [1.165, 1.54) is 5.56 Å². The van der Waals surface area contributed by atoms with Crippen molar-refractivity contribution < 1.29 is 9.47 Å². The molecule has 2 atom stereocenters. The van der Waals surface area contributed by atoms with E-state index in [1.807, 2.05) is 26.1 Å². The number of benzene rings is 1. The highest BCUT2D eigenvalue weighted by molar-refractivity contribution is 14.0. The third-order valence-corrected chi connectivity index (χ3v) is 4.77. The first-order chi connectivity index (χ1) is 12.5. The van der Waals surface area contributed by atoms with Gasteiger partial charge in [-0.2, -0.15) is 0 Å². The number of nitrogens with one attached hydrogen (secondary N) is 1. The third-order valence-electron chi connectivity index (χ3n) is 4.77. The fourth-order valence-corrected chi connectivity index (χ4v) is 3.34. The van der Waals surface area contributed by atoms with Crippen molar-refractivity contribution in [2.45, 2.75) is 39.4 Å². The van der Waals surface area contributed by atoms with Crippen LogP contribution in [0.4, 0.5) is 0 Å². The number of rotatable bonds is 7. The van der Waals surface area contributed by atoms with Gasteiger partial charge in [-0.05, 0) is 38.5 Å². The molecule has 0 bridgehead atoms. The quantitative estimate of drug-likeness (QED) is 0.362. The lowest BCUT2D eigenvalue weighted by Crippen LogP contribution is -2.53. The van der Waals surface area contributed by atoms with Gasteiger partial charge in [0.05, 0.1) is 19.8 Å². The minimum atomic E-state index is 0. The summed E-state index contributed by atoms with van der Waals surface area (Å²) < 4.78 is 11.0. The molecule has 27 heavy (non-hydrogen) atoms. The van der Waals surface area contributed by atoms with Gasteiger partial charge in [-0.1, -0.05) is 12.1 Å². The van der Waals surface area contributed by atoms with Crippen molar-refractivity contribution in [2.75, 3.05) is 47.0 Å². The summed E-state index contributed by atoms with van der Waals surface area (Å²) in [6, 6.07) is 9.14. The molecule has 0 amide bonds. The second-order valence-corrected chi connectivity index (χ2v) is 6.87. The number of morpholine rings is 1. The van der Waals surface area contributed by atoms with Crippen LogP contribution in [0.3, 0.4) is 0 Å². The van der Waals surface area contributed by atoms with Crippen LogP contribution in [-0.2, 0) is 11.3 Å². The summed E-state index contributed by atoms with van der Waals surface area (Å²) in [5.41, 5.74) is 1.23. The summed E-state index contributed by atoms with van der Waals surface area (Å²) in [4.78, 5) is 9.07. The van der Waals surface area contributed by atoms with Gasteiger partial charge in [0.15, 0.2) is 5.96 Å². The molecule has 0 aliphatic carbocycles. The van der Waals surface area contributed by atoms with Crippen LogP contribution in [0, 0.1) is 0 Å². The standard InChI is InChI=1S/C20H34N4O2.HI/c1-6-26-19-9-7-18(8-10-19)14-23(5)20(21-4)22-13-16(2)24-11-12-25-15-17(24)3;/h7-10,16-17H,6,11-15H2,1-5H3,(H,21,22);1H. The maximum absolute atomic E-state index is 5.53. The molecule has 1 aliphatic heterocycles. The number of ether oxygens (including phenoxy) is 2. The van der Waals surface area contributed by atoms with Gasteiger partial charge in [0.2, 0.25) is 0 Å². The summed E-state index contributed by atoms with van der Waals surface area (Å²) >= 11 is 0. The van der Waals surface area contributed by atoms with Crippen LogP contribution in [0.15, 0.2) is 29.3 Å². The van der Waals surface area contributed by atoms with E-state index in [1.54, 1.807) is 0 Å². The summed E-state index contributed by atoms with van der Waals surface area (Å²) in [5, 5.41) is 3.51. The van der Waals surface area contributed by atoms with Crippen molar-refractivity contribution >= 4 is 29.9 Å². The first-order valence-electron chi connectivity index (χ1n) is 9.52. The monoisotopic (exact) mass is 490 g/mol. The maximum atomic E-state index is 5.53. The van der Waals surface area contributed by atoms with Crippen LogP contribution >= 0.6 is 24.0 Å². The molecular weight excluding hydrogens is 455 g/mol. The lowest BCUT2D eigenvalue weighted by Gasteiger charge is -2.38. The van der Waals surface area contributed by atoms with Crippen molar-refractivity contribution in [1.29, 1.82) is 0 Å². The SMILES string of the molecule is CCOc1ccc(CN(C)C(=NC)NCC(C)N2CCOCC2C)cc1.I. The average Bonchev–Trinajstić information content (AvgIpc) is 2.64. The van der Waals surface area contributed by atoms with E-state index in [-0.39, 0.29) is 24.0 Å². The summed E-state index contributed by atoms with van der Waals surface area (Å²) in [5.74, 6) is 1.82. The molecule has 0 radical (unpaired) electrons. The summed E-state index contributed by atoms with van der Waals surface area (Å²) in [6.45, 7) is 11.5. The first kappa shape index (κ1) is 24.0. The van der Waals surface area contributed by atoms with Gasteiger partial charge >= 0.3 is 0 Å². The van der Waals surface area contributed by atoms with Gasteiger partial charge in [0.25, 0.3) is 0 Å². The lowest BCUT2D eigenvalue weighted by molar-refractivity contribution is -0.0175. The van der Waals surface area contributed by atoms with E-state index in [4.69, 9.17) is 9.47 Å². The third kappa shape index (κ3) is 7.46. The van der Waals surface area contributed by atoms with E-state index >= 15 is 0 Å². The van der Waals surface area contributed by atoms with Gasteiger partial charge in [-0.3, -0.25) is 9.89 Å². The number of halogens is 1. The van der Waals surface area contributed by atoms with Gasteiger partial charge in [0.1, 0.15) is 5.75 Å². The predicted molar refractivity (Wildman–Crippen MR) is 122 cm³/mol. The van der Waals surface area contributed by atoms with Crippen molar-refractivity contribution in [2.24, 2.45) is 4.99 Å². The Bertz CT molecular complexity index is 568. The minimum absolute atomic E-state index is 0. The Labute approximate surface area is 181 Å². The second kappa shape index (κ2) is 12.4. The fourth-order valence-electron chi connectivity index (χ4n) is 3.34. The zero-order chi connectivity index (χ0) is 18.9. The molecule has 2 rings (SSSR count). The molecular formula is C20H35IN4O2. The zero-order valence-corrected chi connectivity index (χ0v) is 19.6. The van der Waals surface area contributed by atoms with E-state index in [0.29, 0.717) is 18.7 Å². The van der Waals surface area contributed by atoms with Gasteiger partial charge in [-0.25, -0.2) is 0 Å². The van der Waals surface area contributed by atoms with Gasteiger partial charge in [-0.15, -0.1) is 24.0 Å². The molecule has 1 N–H and O–H groups in total. The van der Waals surface area contributed by atoms with Crippen molar-refractivity contribution in [1.82, 2.24) is 15.1 Å². The second-order valence-electron chi connectivity index (χ2n) is 6.87. The highest BCUT2D eigenvalue weighted by Crippen LogP contribution is 2.14. The minimum Gasteiger partial charge on any atom is -0.494 e. The molecule has 7 heteroatoms.